The summed E-state index contributed by atoms with van der Waals surface area (Å²) >= 11 is 0. The standard InChI is InChI=1S/C23H39N3O4/c1-4-24-23(26-14-8-15-28-18-20-10-7-16-30-20)25-13-6-9-19-11-12-21(27-3)22(17-19)29-5-2/h11-12,17,20H,4-10,13-16,18H2,1-3H3,(H2,24,25,26). The lowest BCUT2D eigenvalue weighted by molar-refractivity contribution is 0.0168. The Hall–Kier alpha value is -1.99. The molecule has 1 unspecified atom stereocenters. The molecule has 0 amide bonds. The van der Waals surface area contributed by atoms with Crippen molar-refractivity contribution in [1.82, 2.24) is 10.6 Å². The number of nitrogens with one attached hydrogen (secondary N) is 2. The van der Waals surface area contributed by atoms with Crippen molar-refractivity contribution in [3.8, 4) is 11.5 Å². The van der Waals surface area contributed by atoms with Crippen LogP contribution in [0.3, 0.4) is 0 Å². The number of benzene rings is 1. The number of methoxy groups -OCH3 is 1. The Balaban J connectivity index is 1.65. The number of aliphatic imine (C=N–C) groups is 1. The summed E-state index contributed by atoms with van der Waals surface area (Å²) in [5, 5.41) is 6.68. The van der Waals surface area contributed by atoms with E-state index < -0.39 is 0 Å². The van der Waals surface area contributed by atoms with Crippen molar-refractivity contribution in [3.05, 3.63) is 23.8 Å². The largest absolute Gasteiger partial charge is 0.493 e. The van der Waals surface area contributed by atoms with Gasteiger partial charge < -0.3 is 29.6 Å². The van der Waals surface area contributed by atoms with Crippen LogP contribution in [-0.2, 0) is 15.9 Å². The summed E-state index contributed by atoms with van der Waals surface area (Å²) in [5.74, 6) is 2.44. The average molecular weight is 422 g/mol. The predicted octanol–water partition coefficient (Wildman–Crippen LogP) is 3.17. The molecule has 7 nitrogen and oxygen atoms in total. The molecular formula is C23H39N3O4. The first-order valence-electron chi connectivity index (χ1n) is 11.3. The molecule has 1 aliphatic rings. The number of nitrogens with zero attached hydrogens (tertiary/aromatic N) is 1. The van der Waals surface area contributed by atoms with Gasteiger partial charge in [-0.25, -0.2) is 0 Å². The molecule has 30 heavy (non-hydrogen) atoms. The van der Waals surface area contributed by atoms with E-state index in [1.807, 2.05) is 13.0 Å². The van der Waals surface area contributed by atoms with Crippen LogP contribution in [0.5, 0.6) is 11.5 Å². The number of ether oxygens (including phenoxy) is 4. The normalized spacial score (nSPS) is 16.5. The summed E-state index contributed by atoms with van der Waals surface area (Å²) < 4.78 is 22.3. The van der Waals surface area contributed by atoms with Gasteiger partial charge in [-0.2, -0.15) is 0 Å². The van der Waals surface area contributed by atoms with Crippen molar-refractivity contribution in [3.63, 3.8) is 0 Å². The summed E-state index contributed by atoms with van der Waals surface area (Å²) in [5.41, 5.74) is 1.23. The lowest BCUT2D eigenvalue weighted by atomic mass is 10.1. The molecule has 0 aromatic heterocycles. The first kappa shape index (κ1) is 24.3. The second-order valence-electron chi connectivity index (χ2n) is 7.27. The van der Waals surface area contributed by atoms with Crippen molar-refractivity contribution < 1.29 is 18.9 Å². The highest BCUT2D eigenvalue weighted by atomic mass is 16.5. The van der Waals surface area contributed by atoms with E-state index in [-0.39, 0.29) is 0 Å². The zero-order chi connectivity index (χ0) is 21.4. The molecule has 1 saturated heterocycles. The van der Waals surface area contributed by atoms with Gasteiger partial charge in [0.25, 0.3) is 0 Å². The van der Waals surface area contributed by atoms with Gasteiger partial charge in [0.15, 0.2) is 17.5 Å². The third-order valence-electron chi connectivity index (χ3n) is 4.85. The Morgan fingerprint density at radius 1 is 1.20 bits per heavy atom. The fourth-order valence-electron chi connectivity index (χ4n) is 3.33. The van der Waals surface area contributed by atoms with E-state index in [0.29, 0.717) is 19.3 Å². The Morgan fingerprint density at radius 3 is 2.83 bits per heavy atom. The maximum atomic E-state index is 5.71. The molecule has 7 heteroatoms. The minimum absolute atomic E-state index is 0.298. The lowest BCUT2D eigenvalue weighted by Gasteiger charge is -2.13. The van der Waals surface area contributed by atoms with E-state index in [0.717, 1.165) is 82.4 Å². The minimum Gasteiger partial charge on any atom is -0.493 e. The van der Waals surface area contributed by atoms with Gasteiger partial charge in [0.1, 0.15) is 0 Å². The van der Waals surface area contributed by atoms with E-state index in [1.165, 1.54) is 5.56 Å². The SMILES string of the molecule is CCNC(=NCCCc1ccc(OC)c(OCC)c1)NCCCOCC1CCCO1. The molecule has 0 spiro atoms. The molecule has 0 bridgehead atoms. The van der Waals surface area contributed by atoms with E-state index in [1.54, 1.807) is 7.11 Å². The smallest absolute Gasteiger partial charge is 0.191 e. The maximum Gasteiger partial charge on any atom is 0.191 e. The summed E-state index contributed by atoms with van der Waals surface area (Å²) in [6, 6.07) is 6.12. The van der Waals surface area contributed by atoms with E-state index in [9.17, 15) is 0 Å². The van der Waals surface area contributed by atoms with Crippen molar-refractivity contribution >= 4 is 5.96 Å². The molecule has 0 saturated carbocycles. The third-order valence-corrected chi connectivity index (χ3v) is 4.85. The molecule has 1 atom stereocenters. The Kier molecular flexibility index (Phi) is 12.1. The quantitative estimate of drug-likeness (QED) is 0.273. The topological polar surface area (TPSA) is 73.3 Å². The molecular weight excluding hydrogens is 382 g/mol. The van der Waals surface area contributed by atoms with Crippen LogP contribution in [0.15, 0.2) is 23.2 Å². The number of aryl methyl sites for hydroxylation is 1. The highest BCUT2D eigenvalue weighted by molar-refractivity contribution is 5.79. The zero-order valence-corrected chi connectivity index (χ0v) is 18.9. The van der Waals surface area contributed by atoms with Gasteiger partial charge in [-0.05, 0) is 63.6 Å². The van der Waals surface area contributed by atoms with Gasteiger partial charge in [-0.3, -0.25) is 4.99 Å². The second kappa shape index (κ2) is 14.9. The highest BCUT2D eigenvalue weighted by Gasteiger charge is 2.14. The van der Waals surface area contributed by atoms with E-state index >= 15 is 0 Å². The minimum atomic E-state index is 0.298. The van der Waals surface area contributed by atoms with Crippen molar-refractivity contribution in [2.45, 2.75) is 52.1 Å². The first-order chi connectivity index (χ1) is 14.8. The molecule has 0 aliphatic carbocycles. The summed E-state index contributed by atoms with van der Waals surface area (Å²) in [4.78, 5) is 4.68. The van der Waals surface area contributed by atoms with Gasteiger partial charge in [0.2, 0.25) is 0 Å². The van der Waals surface area contributed by atoms with Gasteiger partial charge in [0, 0.05) is 32.8 Å². The molecule has 2 rings (SSSR count). The Labute approximate surface area is 181 Å². The van der Waals surface area contributed by atoms with Gasteiger partial charge >= 0.3 is 0 Å². The fourth-order valence-corrected chi connectivity index (χ4v) is 3.33. The van der Waals surface area contributed by atoms with Crippen LogP contribution in [0, 0.1) is 0 Å². The third kappa shape index (κ3) is 9.22. The summed E-state index contributed by atoms with van der Waals surface area (Å²) in [7, 11) is 1.66. The molecule has 170 valence electrons. The van der Waals surface area contributed by atoms with Crippen LogP contribution in [0.25, 0.3) is 0 Å². The summed E-state index contributed by atoms with van der Waals surface area (Å²) in [6.07, 6.45) is 5.45. The van der Waals surface area contributed by atoms with E-state index in [4.69, 9.17) is 18.9 Å². The van der Waals surface area contributed by atoms with Crippen LogP contribution in [0.1, 0.15) is 45.1 Å². The van der Waals surface area contributed by atoms with Crippen LogP contribution in [0.4, 0.5) is 0 Å². The summed E-state index contributed by atoms with van der Waals surface area (Å²) in [6.45, 7) is 9.47. The highest BCUT2D eigenvalue weighted by Crippen LogP contribution is 2.28. The monoisotopic (exact) mass is 421 g/mol. The number of guanidine groups is 1. The van der Waals surface area contributed by atoms with E-state index in [2.05, 4.69) is 34.7 Å². The molecule has 1 aromatic rings. The lowest BCUT2D eigenvalue weighted by Crippen LogP contribution is -2.38. The van der Waals surface area contributed by atoms with Crippen molar-refractivity contribution in [1.29, 1.82) is 0 Å². The fraction of sp³-hybridized carbons (Fsp3) is 0.696. The zero-order valence-electron chi connectivity index (χ0n) is 18.9. The first-order valence-corrected chi connectivity index (χ1v) is 11.3. The molecule has 1 heterocycles. The molecule has 2 N–H and O–H groups in total. The maximum absolute atomic E-state index is 5.71. The number of rotatable bonds is 14. The van der Waals surface area contributed by atoms with Crippen LogP contribution in [0.2, 0.25) is 0 Å². The Bertz CT molecular complexity index is 618. The molecule has 1 aliphatic heterocycles. The Morgan fingerprint density at radius 2 is 2.10 bits per heavy atom. The number of hydrogen-bond acceptors (Lipinski definition) is 5. The number of hydrogen-bond donors (Lipinski definition) is 2. The molecule has 1 fully saturated rings. The van der Waals surface area contributed by atoms with Gasteiger partial charge in [0.05, 0.1) is 26.4 Å². The predicted molar refractivity (Wildman–Crippen MR) is 121 cm³/mol. The van der Waals surface area contributed by atoms with Gasteiger partial charge in [-0.1, -0.05) is 6.07 Å². The molecule has 1 aromatic carbocycles. The van der Waals surface area contributed by atoms with Crippen LogP contribution >= 0.6 is 0 Å². The molecule has 0 radical (unpaired) electrons. The van der Waals surface area contributed by atoms with Gasteiger partial charge in [-0.15, -0.1) is 0 Å². The van der Waals surface area contributed by atoms with Crippen LogP contribution < -0.4 is 20.1 Å². The van der Waals surface area contributed by atoms with Crippen molar-refractivity contribution in [2.75, 3.05) is 53.2 Å². The average Bonchev–Trinajstić information content (AvgIpc) is 3.27. The van der Waals surface area contributed by atoms with Crippen molar-refractivity contribution in [2.24, 2.45) is 4.99 Å². The van der Waals surface area contributed by atoms with Crippen LogP contribution in [-0.4, -0.2) is 65.2 Å². The second-order valence-corrected chi connectivity index (χ2v) is 7.27.